The van der Waals surface area contributed by atoms with Gasteiger partial charge in [0, 0.05) is 5.56 Å². The van der Waals surface area contributed by atoms with Crippen LogP contribution in [0.15, 0.2) is 18.2 Å². The molecular formula is C12H7FN2O3. The van der Waals surface area contributed by atoms with Gasteiger partial charge in [0.15, 0.2) is 0 Å². The summed E-state index contributed by atoms with van der Waals surface area (Å²) < 4.78 is 17.4. The number of carbonyl (C=O) groups excluding carboxylic acids is 2. The molecule has 0 bridgehead atoms. The minimum absolute atomic E-state index is 0.0552. The third kappa shape index (κ3) is 2.50. The fourth-order valence-corrected chi connectivity index (χ4v) is 1.24. The SMILES string of the molecule is COC(=O)C(F)C(=O)c1ccc(C#N)c(C#N)c1. The fraction of sp³-hybridized carbons (Fsp3) is 0.167. The Morgan fingerprint density at radius 1 is 1.28 bits per heavy atom. The highest BCUT2D eigenvalue weighted by Gasteiger charge is 2.28. The zero-order chi connectivity index (χ0) is 13.7. The van der Waals surface area contributed by atoms with Crippen LogP contribution in [0.4, 0.5) is 4.39 Å². The van der Waals surface area contributed by atoms with Crippen LogP contribution in [-0.2, 0) is 9.53 Å². The van der Waals surface area contributed by atoms with E-state index in [2.05, 4.69) is 4.74 Å². The Morgan fingerprint density at radius 2 is 1.89 bits per heavy atom. The van der Waals surface area contributed by atoms with Gasteiger partial charge in [0.1, 0.15) is 12.1 Å². The third-order valence-corrected chi connectivity index (χ3v) is 2.18. The van der Waals surface area contributed by atoms with E-state index in [1.807, 2.05) is 0 Å². The molecule has 0 N–H and O–H groups in total. The maximum absolute atomic E-state index is 13.3. The molecule has 1 unspecified atom stereocenters. The number of esters is 1. The second kappa shape index (κ2) is 5.55. The first-order chi connectivity index (χ1) is 8.54. The molecule has 0 aromatic heterocycles. The average molecular weight is 246 g/mol. The van der Waals surface area contributed by atoms with Crippen molar-refractivity contribution >= 4 is 11.8 Å². The highest BCUT2D eigenvalue weighted by atomic mass is 19.1. The lowest BCUT2D eigenvalue weighted by atomic mass is 10.0. The summed E-state index contributed by atoms with van der Waals surface area (Å²) in [5, 5.41) is 17.4. The van der Waals surface area contributed by atoms with Crippen molar-refractivity contribution in [1.29, 1.82) is 10.5 Å². The minimum Gasteiger partial charge on any atom is -0.467 e. The Balaban J connectivity index is 3.13. The monoisotopic (exact) mass is 246 g/mol. The van der Waals surface area contributed by atoms with Crippen LogP contribution in [0.25, 0.3) is 0 Å². The molecule has 0 saturated carbocycles. The molecule has 0 aliphatic carbocycles. The molecule has 18 heavy (non-hydrogen) atoms. The van der Waals surface area contributed by atoms with Crippen LogP contribution in [-0.4, -0.2) is 25.0 Å². The zero-order valence-electron chi connectivity index (χ0n) is 9.31. The first kappa shape index (κ1) is 13.3. The minimum atomic E-state index is -2.44. The van der Waals surface area contributed by atoms with Crippen LogP contribution in [0.5, 0.6) is 0 Å². The van der Waals surface area contributed by atoms with Gasteiger partial charge in [-0.1, -0.05) is 0 Å². The standard InChI is InChI=1S/C12H7FN2O3/c1-18-12(17)10(13)11(16)7-2-3-8(5-14)9(4-7)6-15/h2-4,10H,1H3. The van der Waals surface area contributed by atoms with Crippen molar-refractivity contribution in [3.05, 3.63) is 34.9 Å². The van der Waals surface area contributed by atoms with Crippen molar-refractivity contribution in [1.82, 2.24) is 0 Å². The smallest absolute Gasteiger partial charge is 0.348 e. The predicted octanol–water partition coefficient (Wildman–Crippen LogP) is 1.12. The van der Waals surface area contributed by atoms with Gasteiger partial charge in [0.05, 0.1) is 18.2 Å². The van der Waals surface area contributed by atoms with Gasteiger partial charge in [0.25, 0.3) is 6.17 Å². The molecule has 0 aliphatic heterocycles. The molecule has 1 aromatic carbocycles. The van der Waals surface area contributed by atoms with Crippen LogP contribution in [0, 0.1) is 22.7 Å². The molecule has 0 fully saturated rings. The molecular weight excluding hydrogens is 239 g/mol. The number of nitriles is 2. The van der Waals surface area contributed by atoms with Crippen LogP contribution in [0.3, 0.4) is 0 Å². The van der Waals surface area contributed by atoms with E-state index in [4.69, 9.17) is 10.5 Å². The van der Waals surface area contributed by atoms with E-state index in [1.54, 1.807) is 12.1 Å². The lowest BCUT2D eigenvalue weighted by Gasteiger charge is -2.05. The predicted molar refractivity (Wildman–Crippen MR) is 57.1 cm³/mol. The molecule has 0 spiro atoms. The summed E-state index contributed by atoms with van der Waals surface area (Å²) in [5.74, 6) is -2.41. The summed E-state index contributed by atoms with van der Waals surface area (Å²) in [5.41, 5.74) is -0.147. The number of carbonyl (C=O) groups is 2. The summed E-state index contributed by atoms with van der Waals surface area (Å²) in [4.78, 5) is 22.4. The molecule has 1 rings (SSSR count). The molecule has 0 aliphatic rings. The number of hydrogen-bond acceptors (Lipinski definition) is 5. The second-order valence-electron chi connectivity index (χ2n) is 3.23. The number of hydrogen-bond donors (Lipinski definition) is 0. The summed E-state index contributed by atoms with van der Waals surface area (Å²) >= 11 is 0. The number of ketones is 1. The highest BCUT2D eigenvalue weighted by Crippen LogP contribution is 2.14. The van der Waals surface area contributed by atoms with Gasteiger partial charge in [-0.05, 0) is 18.2 Å². The Hall–Kier alpha value is -2.73. The zero-order valence-corrected chi connectivity index (χ0v) is 9.31. The van der Waals surface area contributed by atoms with Crippen LogP contribution in [0.2, 0.25) is 0 Å². The maximum atomic E-state index is 13.3. The average Bonchev–Trinajstić information content (AvgIpc) is 2.43. The number of methoxy groups -OCH3 is 1. The Kier molecular flexibility index (Phi) is 4.11. The van der Waals surface area contributed by atoms with Gasteiger partial charge < -0.3 is 4.74 Å². The first-order valence-electron chi connectivity index (χ1n) is 4.75. The number of alkyl halides is 1. The van der Waals surface area contributed by atoms with Crippen molar-refractivity contribution < 1.29 is 18.7 Å². The molecule has 0 amide bonds. The highest BCUT2D eigenvalue weighted by molar-refractivity contribution is 6.11. The van der Waals surface area contributed by atoms with E-state index in [0.717, 1.165) is 13.2 Å². The number of ether oxygens (including phenoxy) is 1. The quantitative estimate of drug-likeness (QED) is 0.453. The van der Waals surface area contributed by atoms with E-state index >= 15 is 0 Å². The third-order valence-electron chi connectivity index (χ3n) is 2.18. The van der Waals surface area contributed by atoms with Gasteiger partial charge in [-0.2, -0.15) is 10.5 Å². The Labute approximate surface area is 102 Å². The van der Waals surface area contributed by atoms with Crippen molar-refractivity contribution in [2.75, 3.05) is 7.11 Å². The first-order valence-corrected chi connectivity index (χ1v) is 4.75. The van der Waals surface area contributed by atoms with Crippen molar-refractivity contribution in [3.8, 4) is 12.1 Å². The van der Waals surface area contributed by atoms with E-state index in [-0.39, 0.29) is 16.7 Å². The number of rotatable bonds is 3. The summed E-state index contributed by atoms with van der Waals surface area (Å²) in [6.07, 6.45) is -2.44. The molecule has 0 saturated heterocycles. The number of Topliss-reactive ketones (excluding diaryl/α,β-unsaturated/α-hetero) is 1. The molecule has 90 valence electrons. The Bertz CT molecular complexity index is 584. The van der Waals surface area contributed by atoms with Gasteiger partial charge in [-0.3, -0.25) is 4.79 Å². The second-order valence-corrected chi connectivity index (χ2v) is 3.23. The molecule has 0 radical (unpaired) electrons. The van der Waals surface area contributed by atoms with E-state index in [1.165, 1.54) is 12.1 Å². The summed E-state index contributed by atoms with van der Waals surface area (Å²) in [6, 6.07) is 6.93. The van der Waals surface area contributed by atoms with Gasteiger partial charge in [-0.15, -0.1) is 0 Å². The van der Waals surface area contributed by atoms with E-state index in [0.29, 0.717) is 0 Å². The van der Waals surface area contributed by atoms with E-state index < -0.39 is 17.9 Å². The normalized spacial score (nSPS) is 10.9. The molecule has 5 nitrogen and oxygen atoms in total. The maximum Gasteiger partial charge on any atom is 0.348 e. The number of benzene rings is 1. The molecule has 1 atom stereocenters. The largest absolute Gasteiger partial charge is 0.467 e. The topological polar surface area (TPSA) is 90.9 Å². The lowest BCUT2D eigenvalue weighted by molar-refractivity contribution is -0.144. The number of nitrogens with zero attached hydrogens (tertiary/aromatic N) is 2. The summed E-state index contributed by atoms with van der Waals surface area (Å²) in [6.45, 7) is 0. The van der Waals surface area contributed by atoms with Crippen molar-refractivity contribution in [2.45, 2.75) is 6.17 Å². The molecule has 1 aromatic rings. The fourth-order valence-electron chi connectivity index (χ4n) is 1.24. The Morgan fingerprint density at radius 3 is 2.39 bits per heavy atom. The van der Waals surface area contributed by atoms with Crippen LogP contribution in [0.1, 0.15) is 21.5 Å². The van der Waals surface area contributed by atoms with E-state index in [9.17, 15) is 14.0 Å². The van der Waals surface area contributed by atoms with Crippen molar-refractivity contribution in [2.24, 2.45) is 0 Å². The summed E-state index contributed by atoms with van der Waals surface area (Å²) in [7, 11) is 0.960. The lowest BCUT2D eigenvalue weighted by Crippen LogP contribution is -2.27. The van der Waals surface area contributed by atoms with Crippen LogP contribution >= 0.6 is 0 Å². The van der Waals surface area contributed by atoms with Gasteiger partial charge >= 0.3 is 5.97 Å². The molecule has 6 heteroatoms. The van der Waals surface area contributed by atoms with Crippen molar-refractivity contribution in [3.63, 3.8) is 0 Å². The van der Waals surface area contributed by atoms with Gasteiger partial charge in [0.2, 0.25) is 5.78 Å². The van der Waals surface area contributed by atoms with Crippen LogP contribution < -0.4 is 0 Å². The number of halogens is 1. The van der Waals surface area contributed by atoms with Gasteiger partial charge in [-0.25, -0.2) is 9.18 Å². The molecule has 0 heterocycles.